The molecule has 0 saturated heterocycles. The number of carbonyl (C=O) groups is 2. The first-order valence-corrected chi connectivity index (χ1v) is 9.63. The lowest BCUT2D eigenvalue weighted by molar-refractivity contribution is -0.127. The first-order chi connectivity index (χ1) is 14.2. The molecule has 148 valence electrons. The van der Waals surface area contributed by atoms with Crippen molar-refractivity contribution in [3.63, 3.8) is 0 Å². The number of hydrogen-bond donors (Lipinski definition) is 2. The zero-order chi connectivity index (χ0) is 20.2. The highest BCUT2D eigenvalue weighted by Crippen LogP contribution is 2.34. The lowest BCUT2D eigenvalue weighted by atomic mass is 10.1. The van der Waals surface area contributed by atoms with Crippen molar-refractivity contribution in [1.82, 2.24) is 15.5 Å². The van der Waals surface area contributed by atoms with E-state index in [2.05, 4.69) is 15.5 Å². The summed E-state index contributed by atoms with van der Waals surface area (Å²) in [5.74, 6) is 0.0176. The second-order valence-electron chi connectivity index (χ2n) is 6.81. The molecule has 7 heteroatoms. The molecule has 7 nitrogen and oxygen atoms in total. The Morgan fingerprint density at radius 2 is 1.93 bits per heavy atom. The van der Waals surface area contributed by atoms with Gasteiger partial charge in [0.15, 0.2) is 6.10 Å². The highest BCUT2D eigenvalue weighted by Gasteiger charge is 2.34. The van der Waals surface area contributed by atoms with Gasteiger partial charge in [0.25, 0.3) is 11.8 Å². The molecule has 0 bridgehead atoms. The Hall–Kier alpha value is -3.61. The van der Waals surface area contributed by atoms with E-state index in [0.29, 0.717) is 29.4 Å². The molecule has 1 aromatic heterocycles. The summed E-state index contributed by atoms with van der Waals surface area (Å²) < 4.78 is 5.85. The predicted octanol–water partition coefficient (Wildman–Crippen LogP) is 3.01. The summed E-state index contributed by atoms with van der Waals surface area (Å²) in [6.45, 7) is 2.68. The molecule has 0 radical (unpaired) electrons. The van der Waals surface area contributed by atoms with Crippen LogP contribution in [0, 0.1) is 0 Å². The van der Waals surface area contributed by atoms with Gasteiger partial charge in [0, 0.05) is 12.1 Å². The van der Waals surface area contributed by atoms with E-state index in [4.69, 9.17) is 4.74 Å². The van der Waals surface area contributed by atoms with Gasteiger partial charge < -0.3 is 10.1 Å². The number of carbonyl (C=O) groups excluding carboxylic acids is 2. The van der Waals surface area contributed by atoms with E-state index in [-0.39, 0.29) is 18.4 Å². The number of rotatable bonds is 5. The van der Waals surface area contributed by atoms with Crippen LogP contribution in [0.2, 0.25) is 0 Å². The summed E-state index contributed by atoms with van der Waals surface area (Å²) >= 11 is 0. The van der Waals surface area contributed by atoms with Crippen LogP contribution < -0.4 is 15.0 Å². The van der Waals surface area contributed by atoms with Crippen LogP contribution in [-0.4, -0.2) is 41.2 Å². The van der Waals surface area contributed by atoms with Crippen molar-refractivity contribution in [3.05, 3.63) is 66.4 Å². The van der Waals surface area contributed by atoms with Crippen LogP contribution in [0.3, 0.4) is 0 Å². The normalized spacial score (nSPS) is 15.3. The van der Waals surface area contributed by atoms with E-state index < -0.39 is 6.10 Å². The lowest BCUT2D eigenvalue weighted by Crippen LogP contribution is -2.51. The molecule has 1 aliphatic heterocycles. The maximum absolute atomic E-state index is 13.3. The first kappa shape index (κ1) is 18.7. The molecular weight excluding hydrogens is 368 g/mol. The molecule has 2 heterocycles. The number of nitrogens with zero attached hydrogens (tertiary/aromatic N) is 2. The Morgan fingerprint density at radius 3 is 2.72 bits per heavy atom. The molecule has 0 fully saturated rings. The topological polar surface area (TPSA) is 87.3 Å². The van der Waals surface area contributed by atoms with Crippen LogP contribution in [0.5, 0.6) is 5.75 Å². The minimum absolute atomic E-state index is 0.130. The van der Waals surface area contributed by atoms with Gasteiger partial charge in [0.2, 0.25) is 0 Å². The summed E-state index contributed by atoms with van der Waals surface area (Å²) in [4.78, 5) is 27.3. The average molecular weight is 390 g/mol. The van der Waals surface area contributed by atoms with Crippen molar-refractivity contribution in [1.29, 1.82) is 0 Å². The number of amides is 2. The van der Waals surface area contributed by atoms with Crippen LogP contribution in [0.25, 0.3) is 11.3 Å². The maximum Gasteiger partial charge on any atom is 0.276 e. The summed E-state index contributed by atoms with van der Waals surface area (Å²) in [6.07, 6.45) is 0.0607. The van der Waals surface area contributed by atoms with Gasteiger partial charge in [-0.1, -0.05) is 49.4 Å². The molecule has 4 rings (SSSR count). The van der Waals surface area contributed by atoms with Gasteiger partial charge in [-0.3, -0.25) is 19.6 Å². The Balaban J connectivity index is 1.61. The van der Waals surface area contributed by atoms with Crippen LogP contribution in [0.15, 0.2) is 60.7 Å². The maximum atomic E-state index is 13.3. The largest absolute Gasteiger partial charge is 0.477 e. The second kappa shape index (κ2) is 8.18. The van der Waals surface area contributed by atoms with Crippen LogP contribution >= 0.6 is 0 Å². The van der Waals surface area contributed by atoms with Crippen molar-refractivity contribution < 1.29 is 14.3 Å². The predicted molar refractivity (Wildman–Crippen MR) is 110 cm³/mol. The minimum Gasteiger partial charge on any atom is -0.477 e. The standard InChI is InChI=1S/C22H22N4O3/c1-2-12-23-21(27)20-14-26(18-10-6-7-11-19(18)29-20)22(28)17-13-16(24-25-17)15-8-4-3-5-9-15/h3-11,13,20H,2,12,14H2,1H3,(H,23,27)(H,24,25)/t20-/m1/s1. The highest BCUT2D eigenvalue weighted by atomic mass is 16.5. The minimum atomic E-state index is -0.767. The smallest absolute Gasteiger partial charge is 0.276 e. The fraction of sp³-hybridized carbons (Fsp3) is 0.227. The van der Waals surface area contributed by atoms with Crippen molar-refractivity contribution in [2.45, 2.75) is 19.4 Å². The summed E-state index contributed by atoms with van der Waals surface area (Å²) in [6, 6.07) is 18.6. The van der Waals surface area contributed by atoms with Gasteiger partial charge in [0.05, 0.1) is 17.9 Å². The number of ether oxygens (including phenoxy) is 1. The summed E-state index contributed by atoms with van der Waals surface area (Å²) in [5.41, 5.74) is 2.59. The van der Waals surface area contributed by atoms with E-state index in [0.717, 1.165) is 12.0 Å². The molecular formula is C22H22N4O3. The molecule has 2 aromatic carbocycles. The third-order valence-corrected chi connectivity index (χ3v) is 4.74. The van der Waals surface area contributed by atoms with Crippen LogP contribution in [0.4, 0.5) is 5.69 Å². The third-order valence-electron chi connectivity index (χ3n) is 4.74. The van der Waals surface area contributed by atoms with E-state index in [1.54, 1.807) is 17.0 Å². The molecule has 2 N–H and O–H groups in total. The van der Waals surface area contributed by atoms with Crippen molar-refractivity contribution in [2.24, 2.45) is 0 Å². The Kier molecular flexibility index (Phi) is 5.29. The monoisotopic (exact) mass is 390 g/mol. The highest BCUT2D eigenvalue weighted by molar-refractivity contribution is 6.07. The number of hydrogen-bond acceptors (Lipinski definition) is 4. The quantitative estimate of drug-likeness (QED) is 0.701. The Labute approximate surface area is 168 Å². The van der Waals surface area contributed by atoms with E-state index in [1.165, 1.54) is 0 Å². The molecule has 0 unspecified atom stereocenters. The molecule has 3 aromatic rings. The molecule has 0 aliphatic carbocycles. The van der Waals surface area contributed by atoms with Gasteiger partial charge in [-0.25, -0.2) is 0 Å². The Bertz CT molecular complexity index is 1020. The van der Waals surface area contributed by atoms with E-state index in [9.17, 15) is 9.59 Å². The second-order valence-corrected chi connectivity index (χ2v) is 6.81. The van der Waals surface area contributed by atoms with Gasteiger partial charge in [0.1, 0.15) is 11.4 Å². The zero-order valence-electron chi connectivity index (χ0n) is 16.1. The number of para-hydroxylation sites is 2. The molecule has 0 saturated carbocycles. The average Bonchev–Trinajstić information content (AvgIpc) is 3.27. The van der Waals surface area contributed by atoms with Gasteiger partial charge >= 0.3 is 0 Å². The van der Waals surface area contributed by atoms with Gasteiger partial charge in [-0.05, 0) is 24.6 Å². The SMILES string of the molecule is CCCNC(=O)[C@H]1CN(C(=O)c2cc(-c3ccccc3)n[nH]2)c2ccccc2O1. The number of nitrogens with one attached hydrogen (secondary N) is 2. The molecule has 0 spiro atoms. The molecule has 29 heavy (non-hydrogen) atoms. The number of aromatic nitrogens is 2. The molecule has 2 amide bonds. The van der Waals surface area contributed by atoms with Gasteiger partial charge in [-0.2, -0.15) is 5.10 Å². The summed E-state index contributed by atoms with van der Waals surface area (Å²) in [7, 11) is 0. The molecule has 1 atom stereocenters. The van der Waals surface area contributed by atoms with Crippen molar-refractivity contribution in [2.75, 3.05) is 18.0 Å². The van der Waals surface area contributed by atoms with Crippen LogP contribution in [0.1, 0.15) is 23.8 Å². The van der Waals surface area contributed by atoms with Gasteiger partial charge in [-0.15, -0.1) is 0 Å². The Morgan fingerprint density at radius 1 is 1.17 bits per heavy atom. The number of anilines is 1. The zero-order valence-corrected chi connectivity index (χ0v) is 16.1. The number of H-pyrrole nitrogens is 1. The number of benzene rings is 2. The fourth-order valence-corrected chi connectivity index (χ4v) is 3.26. The van der Waals surface area contributed by atoms with Crippen molar-refractivity contribution >= 4 is 17.5 Å². The number of aromatic amines is 1. The third kappa shape index (κ3) is 3.85. The van der Waals surface area contributed by atoms with Crippen molar-refractivity contribution in [3.8, 4) is 17.0 Å². The molecule has 1 aliphatic rings. The van der Waals surface area contributed by atoms with E-state index in [1.807, 2.05) is 55.5 Å². The lowest BCUT2D eigenvalue weighted by Gasteiger charge is -2.33. The fourth-order valence-electron chi connectivity index (χ4n) is 3.26. The number of fused-ring (bicyclic) bond motifs is 1. The van der Waals surface area contributed by atoms with Crippen LogP contribution in [-0.2, 0) is 4.79 Å². The summed E-state index contributed by atoms with van der Waals surface area (Å²) in [5, 5.41) is 9.93. The first-order valence-electron chi connectivity index (χ1n) is 9.63. The van der Waals surface area contributed by atoms with E-state index >= 15 is 0 Å².